The van der Waals surface area contributed by atoms with Crippen LogP contribution in [0.3, 0.4) is 0 Å². The third-order valence-electron chi connectivity index (χ3n) is 3.79. The molecule has 0 saturated heterocycles. The lowest BCUT2D eigenvalue weighted by Crippen LogP contribution is -2.09. The second-order valence-corrected chi connectivity index (χ2v) is 5.69. The SMILES string of the molecule is [C-]#[N+]c1ccc(Oc2ccc(-c3cccc([C@H](O)C(C)=O)n3)cc2)cc1. The number of aromatic nitrogens is 1. The molecule has 5 heteroatoms. The minimum absolute atomic E-state index is 0.329. The summed E-state index contributed by atoms with van der Waals surface area (Å²) >= 11 is 0. The van der Waals surface area contributed by atoms with Gasteiger partial charge in [0.25, 0.3) is 0 Å². The number of benzene rings is 2. The van der Waals surface area contributed by atoms with E-state index in [1.54, 1.807) is 36.4 Å². The fourth-order valence-electron chi connectivity index (χ4n) is 2.39. The van der Waals surface area contributed by atoms with Gasteiger partial charge in [-0.3, -0.25) is 4.79 Å². The maximum absolute atomic E-state index is 11.3. The minimum atomic E-state index is -1.21. The molecule has 0 saturated carbocycles. The Labute approximate surface area is 151 Å². The number of nitrogens with zero attached hydrogens (tertiary/aromatic N) is 2. The number of rotatable bonds is 5. The average Bonchev–Trinajstić information content (AvgIpc) is 2.68. The third-order valence-corrected chi connectivity index (χ3v) is 3.79. The molecule has 1 N–H and O–H groups in total. The van der Waals surface area contributed by atoms with Crippen molar-refractivity contribution in [3.8, 4) is 22.8 Å². The molecule has 1 atom stereocenters. The highest BCUT2D eigenvalue weighted by molar-refractivity contribution is 5.81. The fraction of sp³-hybridized carbons (Fsp3) is 0.0952. The summed E-state index contributed by atoms with van der Waals surface area (Å²) in [6.07, 6.45) is -1.21. The van der Waals surface area contributed by atoms with Crippen molar-refractivity contribution in [2.45, 2.75) is 13.0 Å². The molecule has 1 heterocycles. The second-order valence-electron chi connectivity index (χ2n) is 5.69. The molecule has 0 spiro atoms. The molecule has 0 fully saturated rings. The van der Waals surface area contributed by atoms with Crippen molar-refractivity contribution < 1.29 is 14.6 Å². The number of aliphatic hydroxyl groups is 1. The summed E-state index contributed by atoms with van der Waals surface area (Å²) < 4.78 is 5.75. The van der Waals surface area contributed by atoms with E-state index >= 15 is 0 Å². The molecule has 1 aromatic heterocycles. The van der Waals surface area contributed by atoms with Crippen LogP contribution in [-0.2, 0) is 4.79 Å². The monoisotopic (exact) mass is 344 g/mol. The van der Waals surface area contributed by atoms with E-state index in [1.165, 1.54) is 6.92 Å². The number of ether oxygens (including phenoxy) is 1. The second kappa shape index (κ2) is 7.60. The Balaban J connectivity index is 1.78. The number of Topliss-reactive ketones (excluding diaryl/α,β-unsaturated/α-hetero) is 1. The molecule has 0 unspecified atom stereocenters. The largest absolute Gasteiger partial charge is 0.457 e. The summed E-state index contributed by atoms with van der Waals surface area (Å²) in [5.41, 5.74) is 2.40. The molecule has 0 amide bonds. The smallest absolute Gasteiger partial charge is 0.187 e. The normalized spacial score (nSPS) is 11.4. The Morgan fingerprint density at radius 3 is 2.23 bits per heavy atom. The zero-order valence-electron chi connectivity index (χ0n) is 14.1. The van der Waals surface area contributed by atoms with Crippen LogP contribution in [-0.4, -0.2) is 15.9 Å². The van der Waals surface area contributed by atoms with Gasteiger partial charge in [-0.05, 0) is 55.5 Å². The van der Waals surface area contributed by atoms with Crippen molar-refractivity contribution in [3.63, 3.8) is 0 Å². The van der Waals surface area contributed by atoms with Crippen molar-refractivity contribution in [2.24, 2.45) is 0 Å². The Hall–Kier alpha value is -3.49. The molecule has 0 radical (unpaired) electrons. The van der Waals surface area contributed by atoms with Crippen LogP contribution in [0.2, 0.25) is 0 Å². The van der Waals surface area contributed by atoms with Gasteiger partial charge in [-0.2, -0.15) is 0 Å². The first-order valence-electron chi connectivity index (χ1n) is 7.98. The van der Waals surface area contributed by atoms with E-state index in [1.807, 2.05) is 30.3 Å². The minimum Gasteiger partial charge on any atom is -0.457 e. The van der Waals surface area contributed by atoms with E-state index in [2.05, 4.69) is 9.83 Å². The molecule has 0 aliphatic carbocycles. The number of hydrogen-bond acceptors (Lipinski definition) is 4. The van der Waals surface area contributed by atoms with E-state index < -0.39 is 6.10 Å². The maximum Gasteiger partial charge on any atom is 0.187 e. The number of hydrogen-bond donors (Lipinski definition) is 1. The summed E-state index contributed by atoms with van der Waals surface area (Å²) in [4.78, 5) is 19.0. The van der Waals surface area contributed by atoms with Gasteiger partial charge in [-0.1, -0.05) is 18.2 Å². The molecular weight excluding hydrogens is 328 g/mol. The lowest BCUT2D eigenvalue weighted by molar-refractivity contribution is -0.125. The zero-order chi connectivity index (χ0) is 18.5. The molecule has 3 aromatic rings. The predicted molar refractivity (Wildman–Crippen MR) is 98.1 cm³/mol. The quantitative estimate of drug-likeness (QED) is 0.681. The van der Waals surface area contributed by atoms with E-state index in [-0.39, 0.29) is 5.78 Å². The van der Waals surface area contributed by atoms with Gasteiger partial charge in [0.15, 0.2) is 17.6 Å². The van der Waals surface area contributed by atoms with Crippen molar-refractivity contribution in [3.05, 3.63) is 83.8 Å². The molecule has 128 valence electrons. The Kier molecular flexibility index (Phi) is 5.07. The van der Waals surface area contributed by atoms with Crippen LogP contribution in [0, 0.1) is 6.57 Å². The maximum atomic E-state index is 11.3. The van der Waals surface area contributed by atoms with Crippen LogP contribution in [0.1, 0.15) is 18.7 Å². The molecule has 3 rings (SSSR count). The number of pyridine rings is 1. The average molecular weight is 344 g/mol. The summed E-state index contributed by atoms with van der Waals surface area (Å²) in [7, 11) is 0. The summed E-state index contributed by atoms with van der Waals surface area (Å²) in [5, 5.41) is 9.86. The van der Waals surface area contributed by atoms with Gasteiger partial charge in [0.1, 0.15) is 11.5 Å². The summed E-state index contributed by atoms with van der Waals surface area (Å²) in [6.45, 7) is 8.28. The van der Waals surface area contributed by atoms with E-state index in [0.29, 0.717) is 28.6 Å². The van der Waals surface area contributed by atoms with Crippen molar-refractivity contribution >= 4 is 11.5 Å². The van der Waals surface area contributed by atoms with Crippen LogP contribution in [0.25, 0.3) is 16.1 Å². The Morgan fingerprint density at radius 2 is 1.65 bits per heavy atom. The number of carbonyl (C=O) groups is 1. The zero-order valence-corrected chi connectivity index (χ0v) is 14.1. The standard InChI is InChI=1S/C21H16N2O3/c1-14(24)21(25)20-5-3-4-19(23-20)15-6-10-17(11-7-15)26-18-12-8-16(22-2)9-13-18/h3-13,21,25H,1H3/t21-/m1/s1. The Bertz CT molecular complexity index is 958. The molecule has 2 aromatic carbocycles. The van der Waals surface area contributed by atoms with Crippen LogP contribution >= 0.6 is 0 Å². The summed E-state index contributed by atoms with van der Waals surface area (Å²) in [5.74, 6) is 0.960. The highest BCUT2D eigenvalue weighted by atomic mass is 16.5. The topological polar surface area (TPSA) is 63.8 Å². The lowest BCUT2D eigenvalue weighted by Gasteiger charge is -2.09. The molecule has 0 aliphatic heterocycles. The van der Waals surface area contributed by atoms with Gasteiger partial charge in [-0.25, -0.2) is 9.83 Å². The number of ketones is 1. The van der Waals surface area contributed by atoms with Crippen LogP contribution in [0.5, 0.6) is 11.5 Å². The fourth-order valence-corrected chi connectivity index (χ4v) is 2.39. The molecule has 5 nitrogen and oxygen atoms in total. The first-order valence-corrected chi connectivity index (χ1v) is 7.98. The van der Waals surface area contributed by atoms with E-state index in [9.17, 15) is 9.90 Å². The van der Waals surface area contributed by atoms with Crippen molar-refractivity contribution in [1.29, 1.82) is 0 Å². The Morgan fingerprint density at radius 1 is 1.04 bits per heavy atom. The lowest BCUT2D eigenvalue weighted by atomic mass is 10.1. The van der Waals surface area contributed by atoms with Crippen LogP contribution in [0.4, 0.5) is 5.69 Å². The van der Waals surface area contributed by atoms with Gasteiger partial charge in [-0.15, -0.1) is 0 Å². The number of aliphatic hydroxyl groups excluding tert-OH is 1. The van der Waals surface area contributed by atoms with E-state index in [4.69, 9.17) is 11.3 Å². The van der Waals surface area contributed by atoms with Gasteiger partial charge in [0, 0.05) is 5.56 Å². The third kappa shape index (κ3) is 3.94. The molecular formula is C21H16N2O3. The van der Waals surface area contributed by atoms with Gasteiger partial charge in [0.2, 0.25) is 0 Å². The first-order chi connectivity index (χ1) is 12.6. The highest BCUT2D eigenvalue weighted by Gasteiger charge is 2.14. The summed E-state index contributed by atoms with van der Waals surface area (Å²) in [6, 6.07) is 19.4. The van der Waals surface area contributed by atoms with E-state index in [0.717, 1.165) is 5.56 Å². The predicted octanol–water partition coefficient (Wildman–Crippen LogP) is 4.71. The van der Waals surface area contributed by atoms with Crippen LogP contribution < -0.4 is 4.74 Å². The molecule has 26 heavy (non-hydrogen) atoms. The van der Waals surface area contributed by atoms with Gasteiger partial charge >= 0.3 is 0 Å². The van der Waals surface area contributed by atoms with Gasteiger partial charge < -0.3 is 9.84 Å². The number of carbonyl (C=O) groups excluding carboxylic acids is 1. The van der Waals surface area contributed by atoms with Crippen LogP contribution in [0.15, 0.2) is 66.7 Å². The van der Waals surface area contributed by atoms with Gasteiger partial charge in [0.05, 0.1) is 18.0 Å². The van der Waals surface area contributed by atoms with Crippen molar-refractivity contribution in [2.75, 3.05) is 0 Å². The highest BCUT2D eigenvalue weighted by Crippen LogP contribution is 2.27. The molecule has 0 aliphatic rings. The molecule has 0 bridgehead atoms. The first kappa shape index (κ1) is 17.3. The van der Waals surface area contributed by atoms with Crippen molar-refractivity contribution in [1.82, 2.24) is 4.98 Å².